The van der Waals surface area contributed by atoms with E-state index in [4.69, 9.17) is 18.0 Å². The van der Waals surface area contributed by atoms with Crippen molar-refractivity contribution in [1.82, 2.24) is 9.71 Å². The molecule has 0 saturated carbocycles. The Morgan fingerprint density at radius 3 is 2.88 bits per heavy atom. The van der Waals surface area contributed by atoms with Gasteiger partial charge in [0.15, 0.2) is 0 Å². The lowest BCUT2D eigenvalue weighted by molar-refractivity contribution is 0.588. The third-order valence-electron chi connectivity index (χ3n) is 2.05. The lowest BCUT2D eigenvalue weighted by Crippen LogP contribution is -2.27. The second kappa shape index (κ2) is 5.89. The molecule has 1 heterocycles. The molecule has 0 saturated heterocycles. The number of nitrogens with two attached hydrogens (primary N) is 1. The molecule has 0 bridgehead atoms. The minimum atomic E-state index is -3.23. The van der Waals surface area contributed by atoms with Crippen LogP contribution < -0.4 is 15.8 Å². The molecule has 0 spiro atoms. The van der Waals surface area contributed by atoms with Crippen molar-refractivity contribution < 1.29 is 8.42 Å². The minimum Gasteiger partial charge on any atom is -0.389 e. The largest absolute Gasteiger partial charge is 0.389 e. The van der Waals surface area contributed by atoms with Crippen LogP contribution >= 0.6 is 12.2 Å². The molecule has 0 unspecified atom stereocenters. The van der Waals surface area contributed by atoms with E-state index < -0.39 is 10.0 Å². The molecule has 8 heteroatoms. The molecule has 1 aromatic rings. The van der Waals surface area contributed by atoms with Crippen LogP contribution in [0.3, 0.4) is 0 Å². The van der Waals surface area contributed by atoms with Crippen LogP contribution in [0.1, 0.15) is 5.56 Å². The Morgan fingerprint density at radius 1 is 1.59 bits per heavy atom. The third kappa shape index (κ3) is 4.25. The Hall–Kier alpha value is -1.25. The van der Waals surface area contributed by atoms with Crippen molar-refractivity contribution in [2.24, 2.45) is 5.73 Å². The number of hydrogen-bond acceptors (Lipinski definition) is 5. The van der Waals surface area contributed by atoms with E-state index in [-0.39, 0.29) is 17.3 Å². The summed E-state index contributed by atoms with van der Waals surface area (Å²) in [7, 11) is -1.86. The summed E-state index contributed by atoms with van der Waals surface area (Å²) in [6, 6.07) is 3.44. The van der Waals surface area contributed by atoms with Gasteiger partial charge in [-0.15, -0.1) is 0 Å². The predicted octanol–water partition coefficient (Wildman–Crippen LogP) is -0.323. The van der Waals surface area contributed by atoms with Gasteiger partial charge in [-0.2, -0.15) is 0 Å². The highest BCUT2D eigenvalue weighted by atomic mass is 32.2. The number of hydrogen-bond donors (Lipinski definition) is 3. The van der Waals surface area contributed by atoms with Crippen LogP contribution in [0.25, 0.3) is 0 Å². The fourth-order valence-electron chi connectivity index (χ4n) is 1.15. The lowest BCUT2D eigenvalue weighted by atomic mass is 10.2. The lowest BCUT2D eigenvalue weighted by Gasteiger charge is -2.09. The van der Waals surface area contributed by atoms with Crippen LogP contribution in [0.15, 0.2) is 18.3 Å². The van der Waals surface area contributed by atoms with Gasteiger partial charge in [-0.05, 0) is 19.2 Å². The maximum Gasteiger partial charge on any atom is 0.213 e. The smallest absolute Gasteiger partial charge is 0.213 e. The van der Waals surface area contributed by atoms with Crippen molar-refractivity contribution >= 4 is 33.0 Å². The van der Waals surface area contributed by atoms with Crippen LogP contribution in [-0.2, 0) is 10.0 Å². The van der Waals surface area contributed by atoms with E-state index in [0.29, 0.717) is 11.4 Å². The number of anilines is 1. The molecular formula is C9H14N4O2S2. The first-order valence-corrected chi connectivity index (χ1v) is 6.92. The molecule has 0 amide bonds. The monoisotopic (exact) mass is 274 g/mol. The zero-order valence-electron chi connectivity index (χ0n) is 9.30. The first kappa shape index (κ1) is 13.8. The second-order valence-electron chi connectivity index (χ2n) is 3.21. The Bertz CT molecular complexity index is 501. The summed E-state index contributed by atoms with van der Waals surface area (Å²) in [5.74, 6) is 0.447. The van der Waals surface area contributed by atoms with Crippen LogP contribution in [0.5, 0.6) is 0 Å². The van der Waals surface area contributed by atoms with E-state index in [2.05, 4.69) is 15.0 Å². The van der Waals surface area contributed by atoms with Crippen LogP contribution in [0.2, 0.25) is 0 Å². The standard InChI is InChI=1S/C9H14N4O2S2/c1-11-17(14,15)6-5-13-9-7(8(10)16)3-2-4-12-9/h2-4,11H,5-6H2,1H3,(H2,10,16)(H,12,13). The molecule has 0 fully saturated rings. The minimum absolute atomic E-state index is 0.0448. The number of aromatic nitrogens is 1. The average Bonchev–Trinajstić information content (AvgIpc) is 2.29. The first-order chi connectivity index (χ1) is 7.96. The molecule has 1 aromatic heterocycles. The highest BCUT2D eigenvalue weighted by Gasteiger charge is 2.08. The number of thiocarbonyl (C=S) groups is 1. The molecule has 0 radical (unpaired) electrons. The Kier molecular flexibility index (Phi) is 4.79. The van der Waals surface area contributed by atoms with Gasteiger partial charge in [0.2, 0.25) is 10.0 Å². The molecule has 17 heavy (non-hydrogen) atoms. The third-order valence-corrected chi connectivity index (χ3v) is 3.63. The van der Waals surface area contributed by atoms with E-state index in [0.717, 1.165) is 0 Å². The van der Waals surface area contributed by atoms with Crippen LogP contribution in [0, 0.1) is 0 Å². The van der Waals surface area contributed by atoms with Crippen molar-refractivity contribution in [1.29, 1.82) is 0 Å². The molecular weight excluding hydrogens is 260 g/mol. The van der Waals surface area contributed by atoms with Gasteiger partial charge in [-0.25, -0.2) is 18.1 Å². The topological polar surface area (TPSA) is 97.1 Å². The summed E-state index contributed by atoms with van der Waals surface area (Å²) in [5, 5.41) is 2.89. The fraction of sp³-hybridized carbons (Fsp3) is 0.333. The summed E-state index contributed by atoms with van der Waals surface area (Å²) in [4.78, 5) is 4.27. The van der Waals surface area contributed by atoms with E-state index >= 15 is 0 Å². The maximum atomic E-state index is 11.2. The van der Waals surface area contributed by atoms with Gasteiger partial charge in [0.25, 0.3) is 0 Å². The number of nitrogens with one attached hydrogen (secondary N) is 2. The Labute approximate surface area is 106 Å². The second-order valence-corrected chi connectivity index (χ2v) is 5.70. The number of rotatable bonds is 6. The summed E-state index contributed by atoms with van der Waals surface area (Å²) in [6.45, 7) is 0.232. The zero-order valence-corrected chi connectivity index (χ0v) is 10.9. The predicted molar refractivity (Wildman–Crippen MR) is 71.5 cm³/mol. The fourth-order valence-corrected chi connectivity index (χ4v) is 1.89. The highest BCUT2D eigenvalue weighted by Crippen LogP contribution is 2.10. The number of nitrogens with zero attached hydrogens (tertiary/aromatic N) is 1. The van der Waals surface area contributed by atoms with Crippen molar-refractivity contribution in [2.75, 3.05) is 24.7 Å². The summed E-state index contributed by atoms with van der Waals surface area (Å²) in [6.07, 6.45) is 1.58. The van der Waals surface area contributed by atoms with Crippen molar-refractivity contribution in [2.45, 2.75) is 0 Å². The summed E-state index contributed by atoms with van der Waals surface area (Å²) < 4.78 is 24.6. The van der Waals surface area contributed by atoms with Gasteiger partial charge in [0, 0.05) is 12.7 Å². The molecule has 0 atom stereocenters. The Morgan fingerprint density at radius 2 is 2.29 bits per heavy atom. The van der Waals surface area contributed by atoms with Crippen LogP contribution in [-0.4, -0.2) is 37.7 Å². The van der Waals surface area contributed by atoms with Crippen molar-refractivity contribution in [3.63, 3.8) is 0 Å². The quantitative estimate of drug-likeness (QED) is 0.615. The normalized spacial score (nSPS) is 11.1. The van der Waals surface area contributed by atoms with Crippen molar-refractivity contribution in [3.05, 3.63) is 23.9 Å². The molecule has 0 aliphatic carbocycles. The van der Waals surface area contributed by atoms with Gasteiger partial charge in [0.1, 0.15) is 10.8 Å². The Balaban J connectivity index is 2.67. The molecule has 6 nitrogen and oxygen atoms in total. The molecule has 0 aromatic carbocycles. The maximum absolute atomic E-state index is 11.2. The zero-order chi connectivity index (χ0) is 12.9. The SMILES string of the molecule is CNS(=O)(=O)CCNc1ncccc1C(N)=S. The molecule has 1 rings (SSSR count). The number of pyridine rings is 1. The average molecular weight is 274 g/mol. The highest BCUT2D eigenvalue weighted by molar-refractivity contribution is 7.89. The van der Waals surface area contributed by atoms with E-state index in [1.165, 1.54) is 7.05 Å². The van der Waals surface area contributed by atoms with Gasteiger partial charge in [-0.3, -0.25) is 0 Å². The van der Waals surface area contributed by atoms with Crippen molar-refractivity contribution in [3.8, 4) is 0 Å². The van der Waals surface area contributed by atoms with E-state index in [9.17, 15) is 8.42 Å². The molecule has 4 N–H and O–H groups in total. The van der Waals surface area contributed by atoms with Crippen LogP contribution in [0.4, 0.5) is 5.82 Å². The van der Waals surface area contributed by atoms with Gasteiger partial charge in [0.05, 0.1) is 11.3 Å². The van der Waals surface area contributed by atoms with Gasteiger partial charge in [-0.1, -0.05) is 12.2 Å². The molecule has 0 aliphatic heterocycles. The molecule has 94 valence electrons. The number of sulfonamides is 1. The van der Waals surface area contributed by atoms with Gasteiger partial charge < -0.3 is 11.1 Å². The van der Waals surface area contributed by atoms with E-state index in [1.54, 1.807) is 18.3 Å². The molecule has 0 aliphatic rings. The summed E-state index contributed by atoms with van der Waals surface area (Å²) >= 11 is 4.86. The first-order valence-electron chi connectivity index (χ1n) is 4.86. The van der Waals surface area contributed by atoms with Gasteiger partial charge >= 0.3 is 0 Å². The summed E-state index contributed by atoms with van der Waals surface area (Å²) in [5.41, 5.74) is 6.12. The van der Waals surface area contributed by atoms with E-state index in [1.807, 2.05) is 0 Å².